The number of hydrogen-bond donors (Lipinski definition) is 3. The molecule has 2 aliphatic heterocycles. The number of nitrogens with zero attached hydrogens (tertiary/aromatic N) is 7. The Bertz CT molecular complexity index is 2400. The zero-order valence-corrected chi connectivity index (χ0v) is 35.8. The second-order valence-corrected chi connectivity index (χ2v) is 17.4. The van der Waals surface area contributed by atoms with Crippen molar-refractivity contribution in [3.8, 4) is 11.1 Å². The van der Waals surface area contributed by atoms with Gasteiger partial charge in [0.25, 0.3) is 0 Å². The van der Waals surface area contributed by atoms with Crippen molar-refractivity contribution in [2.75, 3.05) is 51.3 Å². The third-order valence-electron chi connectivity index (χ3n) is 12.9. The van der Waals surface area contributed by atoms with Gasteiger partial charge in [0.15, 0.2) is 0 Å². The van der Waals surface area contributed by atoms with Crippen molar-refractivity contribution in [1.29, 1.82) is 0 Å². The Morgan fingerprint density at radius 2 is 1.65 bits per heavy atom. The lowest BCUT2D eigenvalue weighted by molar-refractivity contribution is -0.135. The molecule has 3 aliphatic rings. The Kier molecular flexibility index (Phi) is 13.8. The van der Waals surface area contributed by atoms with Crippen LogP contribution in [0.3, 0.4) is 0 Å². The van der Waals surface area contributed by atoms with Gasteiger partial charge in [0.2, 0.25) is 24.2 Å². The maximum absolute atomic E-state index is 13.1. The summed E-state index contributed by atoms with van der Waals surface area (Å²) < 4.78 is 37.3. The highest BCUT2D eigenvalue weighted by Crippen LogP contribution is 2.37. The van der Waals surface area contributed by atoms with Crippen LogP contribution in [0, 0.1) is 0 Å². The van der Waals surface area contributed by atoms with E-state index in [-0.39, 0.29) is 36.6 Å². The van der Waals surface area contributed by atoms with Gasteiger partial charge in [0.1, 0.15) is 11.7 Å². The highest BCUT2D eigenvalue weighted by molar-refractivity contribution is 6.00. The lowest BCUT2D eigenvalue weighted by Crippen LogP contribution is -2.46. The van der Waals surface area contributed by atoms with E-state index in [9.17, 15) is 28.3 Å². The standard InChI is InChI=1S/C46H59F2N9O5/c1-30(25-41(47)48)50-45-49-27-36-37(29-56(43(36)52-45)34-11-13-35(58)14-12-34)33-9-6-32(7-10-33)28-55-21-19-54(20-22-55)18-4-24-62-23-3-5-31-8-15-38-40(26-31)53(2)46(61)57(38)39-16-17-42(59)51-44(39)60/h6-10,15,26-27,29-30,34-35,39,41,58H,3-5,11-14,16-25,28H2,1-2H3,(H,49,50,52)(H,51,59,60)/t30-,34?,35?,39?/m1/s1. The monoisotopic (exact) mass is 855 g/mol. The third-order valence-corrected chi connectivity index (χ3v) is 12.9. The average molecular weight is 856 g/mol. The number of aromatic nitrogens is 5. The van der Waals surface area contributed by atoms with Crippen LogP contribution < -0.4 is 16.3 Å². The number of nitrogens with one attached hydrogen (secondary N) is 2. The number of aliphatic hydroxyl groups is 1. The second kappa shape index (κ2) is 19.6. The first-order chi connectivity index (χ1) is 30.0. The number of halogens is 2. The van der Waals surface area contributed by atoms with E-state index in [4.69, 9.17) is 9.72 Å². The minimum absolute atomic E-state index is 0.191. The number of alkyl halides is 2. The number of benzene rings is 2. The van der Waals surface area contributed by atoms with Crippen LogP contribution in [0.15, 0.2) is 59.7 Å². The molecule has 2 amide bonds. The second-order valence-electron chi connectivity index (χ2n) is 17.4. The molecule has 5 aromatic rings. The summed E-state index contributed by atoms with van der Waals surface area (Å²) in [5, 5.41) is 16.5. The summed E-state index contributed by atoms with van der Waals surface area (Å²) in [7, 11) is 1.71. The first kappa shape index (κ1) is 43.6. The molecule has 5 heterocycles. The van der Waals surface area contributed by atoms with Crippen LogP contribution in [0.4, 0.5) is 14.7 Å². The Morgan fingerprint density at radius 1 is 0.919 bits per heavy atom. The van der Waals surface area contributed by atoms with Crippen LogP contribution in [-0.2, 0) is 34.3 Å². The number of amides is 2. The van der Waals surface area contributed by atoms with Crippen LogP contribution in [0.25, 0.3) is 33.2 Å². The number of rotatable bonds is 17. The molecule has 332 valence electrons. The van der Waals surface area contributed by atoms with E-state index >= 15 is 0 Å². The van der Waals surface area contributed by atoms with Crippen molar-refractivity contribution in [3.05, 3.63) is 76.5 Å². The molecule has 0 radical (unpaired) electrons. The van der Waals surface area contributed by atoms with Crippen molar-refractivity contribution >= 4 is 39.8 Å². The number of ether oxygens (including phenoxy) is 1. The lowest BCUT2D eigenvalue weighted by Gasteiger charge is -2.34. The number of carbonyl (C=O) groups excluding carboxylic acids is 2. The fourth-order valence-electron chi connectivity index (χ4n) is 9.37. The molecule has 2 atom stereocenters. The highest BCUT2D eigenvalue weighted by atomic mass is 19.3. The highest BCUT2D eigenvalue weighted by Gasteiger charge is 2.31. The minimum atomic E-state index is -2.41. The molecular formula is C46H59F2N9O5. The van der Waals surface area contributed by atoms with Crippen molar-refractivity contribution in [2.24, 2.45) is 7.05 Å². The van der Waals surface area contributed by atoms with Crippen LogP contribution in [0.1, 0.15) is 87.9 Å². The predicted octanol–water partition coefficient (Wildman–Crippen LogP) is 5.82. The molecule has 0 bridgehead atoms. The molecule has 0 spiro atoms. The van der Waals surface area contributed by atoms with Gasteiger partial charge in [-0.05, 0) is 87.1 Å². The van der Waals surface area contributed by atoms with Crippen LogP contribution in [0.2, 0.25) is 0 Å². The van der Waals surface area contributed by atoms with Gasteiger partial charge in [-0.3, -0.25) is 28.9 Å². The Balaban J connectivity index is 0.774. The summed E-state index contributed by atoms with van der Waals surface area (Å²) in [6.07, 6.45) is 7.33. The Hall–Kier alpha value is -5.03. The van der Waals surface area contributed by atoms with Crippen LogP contribution >= 0.6 is 0 Å². The zero-order valence-electron chi connectivity index (χ0n) is 35.8. The maximum Gasteiger partial charge on any atom is 0.329 e. The molecule has 3 aromatic heterocycles. The molecule has 2 aromatic carbocycles. The Morgan fingerprint density at radius 3 is 2.39 bits per heavy atom. The van der Waals surface area contributed by atoms with E-state index in [1.165, 1.54) is 10.1 Å². The number of piperidine rings is 1. The van der Waals surface area contributed by atoms with Gasteiger partial charge in [0.05, 0.1) is 17.1 Å². The normalized spacial score (nSPS) is 21.0. The van der Waals surface area contributed by atoms with E-state index in [0.29, 0.717) is 31.1 Å². The quantitative estimate of drug-likeness (QED) is 0.0772. The number of imide groups is 1. The first-order valence-electron chi connectivity index (χ1n) is 22.3. The van der Waals surface area contributed by atoms with Gasteiger partial charge in [-0.15, -0.1) is 0 Å². The van der Waals surface area contributed by atoms with Crippen molar-refractivity contribution in [3.63, 3.8) is 0 Å². The number of hydrogen-bond acceptors (Lipinski definition) is 10. The van der Waals surface area contributed by atoms with Gasteiger partial charge in [-0.25, -0.2) is 18.6 Å². The molecule has 1 aliphatic carbocycles. The van der Waals surface area contributed by atoms with Gasteiger partial charge in [-0.2, -0.15) is 4.98 Å². The van der Waals surface area contributed by atoms with Gasteiger partial charge >= 0.3 is 5.69 Å². The van der Waals surface area contributed by atoms with Crippen LogP contribution in [0.5, 0.6) is 0 Å². The summed E-state index contributed by atoms with van der Waals surface area (Å²) in [6, 6.07) is 13.7. The van der Waals surface area contributed by atoms with Gasteiger partial charge in [-0.1, -0.05) is 30.3 Å². The predicted molar refractivity (Wildman–Crippen MR) is 234 cm³/mol. The SMILES string of the molecule is C[C@H](CC(F)F)Nc1ncc2c(-c3ccc(CN4CCN(CCCOCCCc5ccc6c(c5)n(C)c(=O)n6C5CCC(=O)NC5=O)CC4)cc3)cn(C3CCC(O)CC3)c2n1. The smallest absolute Gasteiger partial charge is 0.329 e. The van der Waals surface area contributed by atoms with Crippen LogP contribution in [-0.4, -0.2) is 115 Å². The first-order valence-corrected chi connectivity index (χ1v) is 22.3. The van der Waals surface area contributed by atoms with E-state index in [2.05, 4.69) is 60.4 Å². The molecule has 8 rings (SSSR count). The maximum atomic E-state index is 13.1. The number of aliphatic hydroxyl groups excluding tert-OH is 1. The number of piperazine rings is 1. The number of carbonyl (C=O) groups is 2. The number of anilines is 1. The molecule has 3 N–H and O–H groups in total. The number of aryl methyl sites for hydroxylation is 2. The molecule has 16 heteroatoms. The topological polar surface area (TPSA) is 152 Å². The summed E-state index contributed by atoms with van der Waals surface area (Å²) in [5.74, 6) is -0.390. The largest absolute Gasteiger partial charge is 0.393 e. The van der Waals surface area contributed by atoms with Crippen molar-refractivity contribution < 1.29 is 28.2 Å². The van der Waals surface area contributed by atoms with E-state index in [1.54, 1.807) is 24.7 Å². The Labute approximate surface area is 360 Å². The van der Waals surface area contributed by atoms with Gasteiger partial charge in [0, 0.05) is 108 Å². The summed E-state index contributed by atoms with van der Waals surface area (Å²) >= 11 is 0. The minimum Gasteiger partial charge on any atom is -0.393 e. The molecule has 62 heavy (non-hydrogen) atoms. The van der Waals surface area contributed by atoms with E-state index in [0.717, 1.165) is 117 Å². The third kappa shape index (κ3) is 10.1. The average Bonchev–Trinajstić information content (AvgIpc) is 3.74. The molecule has 1 unspecified atom stereocenters. The van der Waals surface area contributed by atoms with Crippen molar-refractivity contribution in [1.82, 2.24) is 38.8 Å². The fraction of sp³-hybridized carbons (Fsp3) is 0.543. The molecule has 2 saturated heterocycles. The lowest BCUT2D eigenvalue weighted by atomic mass is 9.93. The number of imidazole rings is 1. The van der Waals surface area contributed by atoms with Crippen molar-refractivity contribution in [2.45, 2.75) is 108 Å². The number of fused-ring (bicyclic) bond motifs is 2. The zero-order chi connectivity index (χ0) is 43.3. The molecular weight excluding hydrogens is 797 g/mol. The summed E-state index contributed by atoms with van der Waals surface area (Å²) in [6.45, 7) is 9.01. The summed E-state index contributed by atoms with van der Waals surface area (Å²) in [5.41, 5.74) is 6.46. The summed E-state index contributed by atoms with van der Waals surface area (Å²) in [4.78, 5) is 51.6. The molecule has 1 saturated carbocycles. The van der Waals surface area contributed by atoms with E-state index in [1.807, 2.05) is 18.2 Å². The molecule has 14 nitrogen and oxygen atoms in total. The van der Waals surface area contributed by atoms with Gasteiger partial charge < -0.3 is 24.6 Å². The fourth-order valence-corrected chi connectivity index (χ4v) is 9.37. The van der Waals surface area contributed by atoms with E-state index < -0.39 is 24.4 Å². The molecule has 3 fully saturated rings.